The molecule has 0 bridgehead atoms. The molecule has 2 aromatic carbocycles. The Labute approximate surface area is 191 Å². The van der Waals surface area contributed by atoms with Crippen LogP contribution in [0.5, 0.6) is 0 Å². The number of hydrogen-bond acceptors (Lipinski definition) is 5. The minimum Gasteiger partial charge on any atom is -0.383 e. The maximum Gasteiger partial charge on any atom is 0.251 e. The number of hydrogen-bond donors (Lipinski definition) is 2. The Balaban J connectivity index is 1.45. The lowest BCUT2D eigenvalue weighted by Crippen LogP contribution is -2.23. The maximum absolute atomic E-state index is 12.5. The molecule has 162 valence electrons. The number of aryl methyl sites for hydroxylation is 1. The van der Waals surface area contributed by atoms with E-state index in [1.165, 1.54) is 0 Å². The summed E-state index contributed by atoms with van der Waals surface area (Å²) in [6.45, 7) is 2.36. The molecule has 0 atom stereocenters. The largest absolute Gasteiger partial charge is 0.383 e. The molecule has 0 aliphatic heterocycles. The smallest absolute Gasteiger partial charge is 0.251 e. The third-order valence-electron chi connectivity index (χ3n) is 5.53. The van der Waals surface area contributed by atoms with Crippen molar-refractivity contribution in [3.63, 3.8) is 0 Å². The van der Waals surface area contributed by atoms with Gasteiger partial charge in [-0.3, -0.25) is 9.36 Å². The minimum absolute atomic E-state index is 0.0867. The molecule has 0 fully saturated rings. The number of anilines is 1. The van der Waals surface area contributed by atoms with Gasteiger partial charge in [-0.15, -0.1) is 0 Å². The molecular formula is C26H22N6O. The number of benzene rings is 2. The lowest BCUT2D eigenvalue weighted by atomic mass is 10.1. The summed E-state index contributed by atoms with van der Waals surface area (Å²) in [5.74, 6) is 0.996. The van der Waals surface area contributed by atoms with Crippen LogP contribution in [0.25, 0.3) is 28.2 Å². The Hall–Kier alpha value is -4.52. The summed E-state index contributed by atoms with van der Waals surface area (Å²) in [4.78, 5) is 26.0. The number of imidazole rings is 1. The predicted molar refractivity (Wildman–Crippen MR) is 129 cm³/mol. The van der Waals surface area contributed by atoms with Gasteiger partial charge in [-0.05, 0) is 60.5 Å². The van der Waals surface area contributed by atoms with Crippen LogP contribution >= 0.6 is 0 Å². The number of amides is 1. The normalized spacial score (nSPS) is 10.9. The van der Waals surface area contributed by atoms with Gasteiger partial charge in [0.1, 0.15) is 11.3 Å². The van der Waals surface area contributed by atoms with Crippen LogP contribution < -0.4 is 11.1 Å². The molecule has 5 aromatic rings. The van der Waals surface area contributed by atoms with Gasteiger partial charge >= 0.3 is 0 Å². The molecule has 33 heavy (non-hydrogen) atoms. The predicted octanol–water partition coefficient (Wildman–Crippen LogP) is 4.30. The number of carbonyl (C=O) groups is 1. The third kappa shape index (κ3) is 3.92. The minimum atomic E-state index is -0.0867. The van der Waals surface area contributed by atoms with E-state index in [-0.39, 0.29) is 5.91 Å². The molecule has 5 rings (SSSR count). The number of rotatable bonds is 5. The Bertz CT molecular complexity index is 1460. The highest BCUT2D eigenvalue weighted by molar-refractivity contribution is 5.95. The van der Waals surface area contributed by atoms with Crippen LogP contribution in [0.15, 0.2) is 85.2 Å². The van der Waals surface area contributed by atoms with Crippen molar-refractivity contribution in [2.24, 2.45) is 0 Å². The van der Waals surface area contributed by atoms with Crippen LogP contribution in [0.2, 0.25) is 0 Å². The van der Waals surface area contributed by atoms with Gasteiger partial charge in [0.05, 0.1) is 5.56 Å². The number of nitrogens with zero attached hydrogens (tertiary/aromatic N) is 4. The van der Waals surface area contributed by atoms with Gasteiger partial charge in [0.15, 0.2) is 11.5 Å². The van der Waals surface area contributed by atoms with E-state index >= 15 is 0 Å². The van der Waals surface area contributed by atoms with E-state index < -0.39 is 0 Å². The monoisotopic (exact) mass is 434 g/mol. The second-order valence-electron chi connectivity index (χ2n) is 7.72. The Morgan fingerprint density at radius 2 is 1.70 bits per heavy atom. The fourth-order valence-electron chi connectivity index (χ4n) is 3.81. The molecule has 0 aliphatic carbocycles. The Kier molecular flexibility index (Phi) is 5.28. The quantitative estimate of drug-likeness (QED) is 0.430. The summed E-state index contributed by atoms with van der Waals surface area (Å²) in [5.41, 5.74) is 11.9. The molecule has 3 aromatic heterocycles. The van der Waals surface area contributed by atoms with Crippen LogP contribution in [-0.2, 0) is 6.54 Å². The van der Waals surface area contributed by atoms with E-state index in [9.17, 15) is 4.79 Å². The lowest BCUT2D eigenvalue weighted by Gasteiger charge is -2.11. The number of nitrogens with one attached hydrogen (secondary N) is 1. The van der Waals surface area contributed by atoms with Crippen molar-refractivity contribution in [3.8, 4) is 17.1 Å². The molecule has 7 heteroatoms. The molecule has 7 nitrogen and oxygen atoms in total. The average Bonchev–Trinajstić information content (AvgIpc) is 3.23. The summed E-state index contributed by atoms with van der Waals surface area (Å²) < 4.78 is 1.97. The highest BCUT2D eigenvalue weighted by atomic mass is 16.1. The molecule has 0 saturated heterocycles. The highest BCUT2D eigenvalue weighted by Crippen LogP contribution is 2.30. The van der Waals surface area contributed by atoms with E-state index in [1.54, 1.807) is 12.4 Å². The summed E-state index contributed by atoms with van der Waals surface area (Å²) in [7, 11) is 0. The van der Waals surface area contributed by atoms with Crippen molar-refractivity contribution in [1.82, 2.24) is 24.8 Å². The van der Waals surface area contributed by atoms with Gasteiger partial charge in [-0.25, -0.2) is 15.0 Å². The summed E-state index contributed by atoms with van der Waals surface area (Å²) in [5, 5.41) is 2.99. The number of pyridine rings is 2. The number of fused-ring (bicyclic) bond motifs is 1. The lowest BCUT2D eigenvalue weighted by molar-refractivity contribution is 0.0950. The van der Waals surface area contributed by atoms with Gasteiger partial charge in [-0.2, -0.15) is 0 Å². The Morgan fingerprint density at radius 3 is 2.48 bits per heavy atom. The summed E-state index contributed by atoms with van der Waals surface area (Å²) in [6, 6.07) is 23.0. The first kappa shape index (κ1) is 20.4. The van der Waals surface area contributed by atoms with Gasteiger partial charge in [0, 0.05) is 30.2 Å². The first-order valence-corrected chi connectivity index (χ1v) is 10.6. The first-order valence-electron chi connectivity index (χ1n) is 10.6. The van der Waals surface area contributed by atoms with Crippen molar-refractivity contribution in [2.45, 2.75) is 13.5 Å². The molecule has 0 radical (unpaired) electrons. The molecule has 1 amide bonds. The fourth-order valence-corrected chi connectivity index (χ4v) is 3.81. The van der Waals surface area contributed by atoms with Crippen molar-refractivity contribution in [1.29, 1.82) is 0 Å². The first-order chi connectivity index (χ1) is 16.1. The molecule has 0 unspecified atom stereocenters. The molecule has 0 saturated carbocycles. The number of nitrogens with two attached hydrogens (primary N) is 1. The molecular weight excluding hydrogens is 412 g/mol. The van der Waals surface area contributed by atoms with Crippen molar-refractivity contribution < 1.29 is 4.79 Å². The van der Waals surface area contributed by atoms with Gasteiger partial charge in [0.2, 0.25) is 0 Å². The van der Waals surface area contributed by atoms with Crippen LogP contribution in [-0.4, -0.2) is 25.4 Å². The molecule has 0 spiro atoms. The van der Waals surface area contributed by atoms with E-state index in [4.69, 9.17) is 10.7 Å². The Morgan fingerprint density at radius 1 is 0.939 bits per heavy atom. The van der Waals surface area contributed by atoms with Crippen LogP contribution in [0, 0.1) is 6.92 Å². The van der Waals surface area contributed by atoms with Crippen molar-refractivity contribution in [3.05, 3.63) is 102 Å². The van der Waals surface area contributed by atoms with Crippen LogP contribution in [0.3, 0.4) is 0 Å². The zero-order chi connectivity index (χ0) is 22.8. The van der Waals surface area contributed by atoms with E-state index in [1.807, 2.05) is 84.3 Å². The fraction of sp³-hybridized carbons (Fsp3) is 0.0769. The number of nitrogen functional groups attached to an aromatic ring is 1. The number of carbonyl (C=O) groups excluding carboxylic acids is 1. The average molecular weight is 435 g/mol. The zero-order valence-electron chi connectivity index (χ0n) is 18.1. The van der Waals surface area contributed by atoms with Crippen LogP contribution in [0.4, 0.5) is 5.82 Å². The molecule has 3 heterocycles. The maximum atomic E-state index is 12.5. The second-order valence-corrected chi connectivity index (χ2v) is 7.72. The number of aromatic nitrogens is 4. The van der Waals surface area contributed by atoms with Crippen LogP contribution in [0.1, 0.15) is 21.5 Å². The zero-order valence-corrected chi connectivity index (χ0v) is 18.1. The van der Waals surface area contributed by atoms with Gasteiger partial charge < -0.3 is 11.1 Å². The summed E-state index contributed by atoms with van der Waals surface area (Å²) >= 11 is 0. The highest BCUT2D eigenvalue weighted by Gasteiger charge is 2.17. The van der Waals surface area contributed by atoms with E-state index in [0.717, 1.165) is 33.5 Å². The SMILES string of the molecule is Cc1ccccc1C(=O)NCc1ccc(-n2c(-c3cccnc3N)nc3cccnc32)cc1. The van der Waals surface area contributed by atoms with Crippen molar-refractivity contribution >= 4 is 22.9 Å². The molecule has 0 aliphatic rings. The van der Waals surface area contributed by atoms with Gasteiger partial charge in [-0.1, -0.05) is 30.3 Å². The topological polar surface area (TPSA) is 98.7 Å². The van der Waals surface area contributed by atoms with Gasteiger partial charge in [0.25, 0.3) is 5.91 Å². The van der Waals surface area contributed by atoms with E-state index in [0.29, 0.717) is 23.8 Å². The standard InChI is InChI=1S/C26H22N6O/c1-17-6-2-3-7-20(17)26(33)30-16-18-10-12-19(13-11-18)32-24(21-8-4-14-28-23(21)27)31-22-9-5-15-29-25(22)32/h2-15H,16H2,1H3,(H2,27,28)(H,30,33). The second kappa shape index (κ2) is 8.55. The van der Waals surface area contributed by atoms with Crippen molar-refractivity contribution in [2.75, 3.05) is 5.73 Å². The molecule has 3 N–H and O–H groups in total. The summed E-state index contributed by atoms with van der Waals surface area (Å²) in [6.07, 6.45) is 3.40. The third-order valence-corrected chi connectivity index (χ3v) is 5.53. The van der Waals surface area contributed by atoms with E-state index in [2.05, 4.69) is 15.3 Å².